The number of aryl methyl sites for hydroxylation is 1. The molecule has 0 atom stereocenters. The van der Waals surface area contributed by atoms with Crippen LogP contribution >= 0.6 is 34.8 Å². The second-order valence-electron chi connectivity index (χ2n) is 3.63. The number of rotatable bonds is 5. The summed E-state index contributed by atoms with van der Waals surface area (Å²) < 4.78 is 0. The average molecular weight is 295 g/mol. The SMILES string of the molecule is Cc1cc(C(=O)N(CCCl)CCCl)ccc1Cl. The Balaban J connectivity index is 2.88. The molecule has 0 spiro atoms. The Kier molecular flexibility index (Phi) is 6.10. The number of hydrogen-bond donors (Lipinski definition) is 0. The Labute approximate surface area is 116 Å². The molecule has 94 valence electrons. The number of alkyl halides is 2. The van der Waals surface area contributed by atoms with Crippen molar-refractivity contribution in [3.05, 3.63) is 34.3 Å². The minimum absolute atomic E-state index is 0.0638. The van der Waals surface area contributed by atoms with Crippen LogP contribution in [-0.2, 0) is 0 Å². The zero-order chi connectivity index (χ0) is 12.8. The van der Waals surface area contributed by atoms with Crippen molar-refractivity contribution in [2.24, 2.45) is 0 Å². The molecule has 1 rings (SSSR count). The van der Waals surface area contributed by atoms with Crippen molar-refractivity contribution in [1.82, 2.24) is 4.90 Å². The van der Waals surface area contributed by atoms with E-state index in [1.807, 2.05) is 6.92 Å². The van der Waals surface area contributed by atoms with Crippen LogP contribution < -0.4 is 0 Å². The van der Waals surface area contributed by atoms with Gasteiger partial charge in [0.05, 0.1) is 0 Å². The van der Waals surface area contributed by atoms with Gasteiger partial charge in [0.15, 0.2) is 0 Å². The maximum atomic E-state index is 12.2. The summed E-state index contributed by atoms with van der Waals surface area (Å²) in [6.07, 6.45) is 0. The molecule has 0 saturated heterocycles. The molecule has 0 fully saturated rings. The average Bonchev–Trinajstić information content (AvgIpc) is 2.31. The van der Waals surface area contributed by atoms with Gasteiger partial charge in [-0.1, -0.05) is 11.6 Å². The summed E-state index contributed by atoms with van der Waals surface area (Å²) in [7, 11) is 0. The van der Waals surface area contributed by atoms with Crippen molar-refractivity contribution in [2.45, 2.75) is 6.92 Å². The fourth-order valence-electron chi connectivity index (χ4n) is 1.48. The Morgan fingerprint density at radius 2 is 1.82 bits per heavy atom. The van der Waals surface area contributed by atoms with E-state index in [1.54, 1.807) is 23.1 Å². The largest absolute Gasteiger partial charge is 0.336 e. The van der Waals surface area contributed by atoms with Gasteiger partial charge in [-0.25, -0.2) is 0 Å². The highest BCUT2D eigenvalue weighted by molar-refractivity contribution is 6.31. The lowest BCUT2D eigenvalue weighted by Crippen LogP contribution is -2.34. The molecule has 0 N–H and O–H groups in total. The molecular formula is C12H14Cl3NO. The highest BCUT2D eigenvalue weighted by Crippen LogP contribution is 2.17. The van der Waals surface area contributed by atoms with Crippen LogP contribution in [0.25, 0.3) is 0 Å². The van der Waals surface area contributed by atoms with Gasteiger partial charge in [-0.15, -0.1) is 23.2 Å². The summed E-state index contributed by atoms with van der Waals surface area (Å²) >= 11 is 17.2. The predicted octanol–water partition coefficient (Wildman–Crippen LogP) is 3.57. The number of nitrogens with zero attached hydrogens (tertiary/aromatic N) is 1. The van der Waals surface area contributed by atoms with Gasteiger partial charge in [0, 0.05) is 35.4 Å². The lowest BCUT2D eigenvalue weighted by atomic mass is 10.1. The molecule has 0 aliphatic rings. The van der Waals surface area contributed by atoms with Crippen molar-refractivity contribution in [3.63, 3.8) is 0 Å². The number of carbonyl (C=O) groups is 1. The van der Waals surface area contributed by atoms with Crippen LogP contribution in [0.2, 0.25) is 5.02 Å². The lowest BCUT2D eigenvalue weighted by Gasteiger charge is -2.20. The van der Waals surface area contributed by atoms with Crippen molar-refractivity contribution >= 4 is 40.7 Å². The van der Waals surface area contributed by atoms with Crippen LogP contribution in [0, 0.1) is 6.92 Å². The van der Waals surface area contributed by atoms with Crippen molar-refractivity contribution in [1.29, 1.82) is 0 Å². The molecule has 5 heteroatoms. The number of carbonyl (C=O) groups excluding carboxylic acids is 1. The van der Waals surface area contributed by atoms with Crippen LogP contribution in [0.4, 0.5) is 0 Å². The summed E-state index contributed by atoms with van der Waals surface area (Å²) in [4.78, 5) is 13.8. The Hall–Kier alpha value is -0.440. The molecule has 0 radical (unpaired) electrons. The molecule has 1 aromatic rings. The fourth-order valence-corrected chi connectivity index (χ4v) is 2.00. The van der Waals surface area contributed by atoms with E-state index < -0.39 is 0 Å². The van der Waals surface area contributed by atoms with E-state index in [0.29, 0.717) is 35.4 Å². The third-order valence-corrected chi connectivity index (χ3v) is 3.16. The van der Waals surface area contributed by atoms with E-state index >= 15 is 0 Å². The number of amides is 1. The highest BCUT2D eigenvalue weighted by atomic mass is 35.5. The molecule has 2 nitrogen and oxygen atoms in total. The van der Waals surface area contributed by atoms with Crippen LogP contribution in [0.1, 0.15) is 15.9 Å². The lowest BCUT2D eigenvalue weighted by molar-refractivity contribution is 0.0775. The van der Waals surface area contributed by atoms with Crippen molar-refractivity contribution in [2.75, 3.05) is 24.8 Å². The summed E-state index contributed by atoms with van der Waals surface area (Å²) in [5, 5.41) is 0.655. The first-order chi connectivity index (χ1) is 8.10. The minimum atomic E-state index is -0.0638. The first-order valence-corrected chi connectivity index (χ1v) is 6.72. The number of benzene rings is 1. The second-order valence-corrected chi connectivity index (χ2v) is 4.80. The number of halogens is 3. The fraction of sp³-hybridized carbons (Fsp3) is 0.417. The summed E-state index contributed by atoms with van der Waals surface area (Å²) in [5.41, 5.74) is 1.50. The monoisotopic (exact) mass is 293 g/mol. The minimum Gasteiger partial charge on any atom is -0.336 e. The van der Waals surface area contributed by atoms with Crippen LogP contribution in [0.5, 0.6) is 0 Å². The zero-order valence-corrected chi connectivity index (χ0v) is 11.8. The van der Waals surface area contributed by atoms with Gasteiger partial charge < -0.3 is 4.90 Å². The smallest absolute Gasteiger partial charge is 0.253 e. The summed E-state index contributed by atoms with van der Waals surface area (Å²) in [5.74, 6) is 0.732. The second kappa shape index (κ2) is 7.10. The standard InChI is InChI=1S/C12H14Cl3NO/c1-9-8-10(2-3-11(9)15)12(17)16(6-4-13)7-5-14/h2-3,8H,4-7H2,1H3. The maximum absolute atomic E-state index is 12.2. The van der Waals surface area contributed by atoms with Gasteiger partial charge >= 0.3 is 0 Å². The van der Waals surface area contributed by atoms with Crippen molar-refractivity contribution in [3.8, 4) is 0 Å². The maximum Gasteiger partial charge on any atom is 0.253 e. The van der Waals surface area contributed by atoms with E-state index in [-0.39, 0.29) is 5.91 Å². The quantitative estimate of drug-likeness (QED) is 0.760. The zero-order valence-electron chi connectivity index (χ0n) is 9.55. The molecular weight excluding hydrogens is 280 g/mol. The molecule has 1 aromatic carbocycles. The van der Waals surface area contributed by atoms with Gasteiger partial charge in [0.2, 0.25) is 0 Å². The van der Waals surface area contributed by atoms with Crippen molar-refractivity contribution < 1.29 is 4.79 Å². The molecule has 17 heavy (non-hydrogen) atoms. The van der Waals surface area contributed by atoms with E-state index in [1.165, 1.54) is 0 Å². The third kappa shape index (κ3) is 4.06. The van der Waals surface area contributed by atoms with E-state index in [9.17, 15) is 4.79 Å². The molecule has 0 aliphatic heterocycles. The number of hydrogen-bond acceptors (Lipinski definition) is 1. The Bertz CT molecular complexity index is 389. The van der Waals surface area contributed by atoms with Crippen LogP contribution in [0.15, 0.2) is 18.2 Å². The molecule has 0 aromatic heterocycles. The van der Waals surface area contributed by atoms with E-state index in [0.717, 1.165) is 5.56 Å². The third-order valence-electron chi connectivity index (χ3n) is 2.40. The highest BCUT2D eigenvalue weighted by Gasteiger charge is 2.15. The summed E-state index contributed by atoms with van der Waals surface area (Å²) in [6.45, 7) is 2.86. The Morgan fingerprint density at radius 3 is 2.29 bits per heavy atom. The van der Waals surface area contributed by atoms with Gasteiger partial charge in [0.25, 0.3) is 5.91 Å². The molecule has 0 saturated carbocycles. The van der Waals surface area contributed by atoms with E-state index in [2.05, 4.69) is 0 Å². The molecule has 0 bridgehead atoms. The molecule has 0 heterocycles. The van der Waals surface area contributed by atoms with Gasteiger partial charge in [-0.2, -0.15) is 0 Å². The molecule has 0 unspecified atom stereocenters. The van der Waals surface area contributed by atoms with Gasteiger partial charge in [-0.05, 0) is 30.7 Å². The van der Waals surface area contributed by atoms with Crippen LogP contribution in [-0.4, -0.2) is 35.7 Å². The Morgan fingerprint density at radius 1 is 1.24 bits per heavy atom. The molecule has 1 amide bonds. The van der Waals surface area contributed by atoms with Crippen LogP contribution in [0.3, 0.4) is 0 Å². The molecule has 0 aliphatic carbocycles. The first-order valence-electron chi connectivity index (χ1n) is 5.27. The normalized spacial score (nSPS) is 10.4. The predicted molar refractivity (Wildman–Crippen MR) is 73.5 cm³/mol. The first kappa shape index (κ1) is 14.6. The topological polar surface area (TPSA) is 20.3 Å². The van der Waals surface area contributed by atoms with E-state index in [4.69, 9.17) is 34.8 Å². The van der Waals surface area contributed by atoms with Gasteiger partial charge in [0.1, 0.15) is 0 Å². The summed E-state index contributed by atoms with van der Waals surface area (Å²) in [6, 6.07) is 5.22. The van der Waals surface area contributed by atoms with Gasteiger partial charge in [-0.3, -0.25) is 4.79 Å².